The maximum absolute atomic E-state index is 12.5. The van der Waals surface area contributed by atoms with E-state index in [9.17, 15) is 4.79 Å². The Morgan fingerprint density at radius 1 is 1.11 bits per heavy atom. The van der Waals surface area contributed by atoms with Crippen LogP contribution in [0.1, 0.15) is 45.4 Å². The van der Waals surface area contributed by atoms with Gasteiger partial charge in [-0.05, 0) is 45.7 Å². The number of rotatable bonds is 2. The second kappa shape index (κ2) is 6.53. The zero-order valence-electron chi connectivity index (χ0n) is 11.6. The molecule has 2 saturated heterocycles. The lowest BCUT2D eigenvalue weighted by molar-refractivity contribution is -0.137. The average molecular weight is 253 g/mol. The number of piperidine rings is 1. The summed E-state index contributed by atoms with van der Waals surface area (Å²) in [5.41, 5.74) is 5.96. The number of likely N-dealkylation sites (tertiary alicyclic amines) is 2. The number of carbonyl (C=O) groups is 1. The molecular formula is C14H27N3O. The summed E-state index contributed by atoms with van der Waals surface area (Å²) in [5, 5.41) is 0. The fourth-order valence-electron chi connectivity index (χ4n) is 3.11. The molecule has 2 aliphatic rings. The van der Waals surface area contributed by atoms with E-state index in [2.05, 4.69) is 11.8 Å². The number of nitrogens with two attached hydrogens (primary N) is 1. The highest BCUT2D eigenvalue weighted by Crippen LogP contribution is 2.16. The number of carbonyl (C=O) groups excluding carboxylic acids is 1. The van der Waals surface area contributed by atoms with Crippen molar-refractivity contribution in [3.63, 3.8) is 0 Å². The van der Waals surface area contributed by atoms with Gasteiger partial charge in [0.1, 0.15) is 0 Å². The molecule has 0 aliphatic carbocycles. The van der Waals surface area contributed by atoms with Crippen LogP contribution in [-0.4, -0.2) is 54.0 Å². The monoisotopic (exact) mass is 253 g/mol. The fourth-order valence-corrected chi connectivity index (χ4v) is 3.11. The van der Waals surface area contributed by atoms with E-state index in [4.69, 9.17) is 5.73 Å². The third-order valence-electron chi connectivity index (χ3n) is 4.32. The van der Waals surface area contributed by atoms with Crippen LogP contribution in [0.2, 0.25) is 0 Å². The summed E-state index contributed by atoms with van der Waals surface area (Å²) >= 11 is 0. The Morgan fingerprint density at radius 3 is 2.39 bits per heavy atom. The minimum Gasteiger partial charge on any atom is -0.340 e. The van der Waals surface area contributed by atoms with Crippen LogP contribution in [0.4, 0.5) is 0 Å². The summed E-state index contributed by atoms with van der Waals surface area (Å²) in [6.45, 7) is 5.86. The molecule has 0 aromatic rings. The Labute approximate surface area is 110 Å². The highest BCUT2D eigenvalue weighted by Gasteiger charge is 2.28. The molecule has 2 heterocycles. The molecule has 18 heavy (non-hydrogen) atoms. The third-order valence-corrected chi connectivity index (χ3v) is 4.32. The molecule has 2 unspecified atom stereocenters. The summed E-state index contributed by atoms with van der Waals surface area (Å²) in [6.07, 6.45) is 7.20. The zero-order valence-corrected chi connectivity index (χ0v) is 11.6. The van der Waals surface area contributed by atoms with Gasteiger partial charge in [0, 0.05) is 19.1 Å². The van der Waals surface area contributed by atoms with E-state index >= 15 is 0 Å². The molecule has 2 N–H and O–H groups in total. The molecule has 0 aromatic carbocycles. The summed E-state index contributed by atoms with van der Waals surface area (Å²) in [4.78, 5) is 16.8. The van der Waals surface area contributed by atoms with Crippen molar-refractivity contribution in [2.24, 2.45) is 5.73 Å². The van der Waals surface area contributed by atoms with Gasteiger partial charge in [-0.3, -0.25) is 9.69 Å². The zero-order chi connectivity index (χ0) is 13.0. The number of nitrogens with zero attached hydrogens (tertiary/aromatic N) is 2. The molecule has 0 aromatic heterocycles. The second-order valence-electron chi connectivity index (χ2n) is 5.81. The molecule has 0 saturated carbocycles. The first kappa shape index (κ1) is 13.8. The Kier molecular flexibility index (Phi) is 5.01. The molecule has 0 radical (unpaired) electrons. The third kappa shape index (κ3) is 3.45. The van der Waals surface area contributed by atoms with Crippen LogP contribution in [-0.2, 0) is 4.79 Å². The first-order chi connectivity index (χ1) is 8.68. The highest BCUT2D eigenvalue weighted by atomic mass is 16.2. The van der Waals surface area contributed by atoms with Gasteiger partial charge in [-0.15, -0.1) is 0 Å². The van der Waals surface area contributed by atoms with Gasteiger partial charge in [-0.2, -0.15) is 0 Å². The molecule has 2 rings (SSSR count). The number of hydrogen-bond donors (Lipinski definition) is 1. The van der Waals surface area contributed by atoms with Gasteiger partial charge in [0.05, 0.1) is 6.04 Å². The van der Waals surface area contributed by atoms with Gasteiger partial charge >= 0.3 is 0 Å². The Morgan fingerprint density at radius 2 is 1.78 bits per heavy atom. The summed E-state index contributed by atoms with van der Waals surface area (Å²) < 4.78 is 0. The van der Waals surface area contributed by atoms with Gasteiger partial charge in [0.25, 0.3) is 0 Å². The molecule has 4 heteroatoms. The highest BCUT2D eigenvalue weighted by molar-refractivity contribution is 5.81. The number of hydrogen-bond acceptors (Lipinski definition) is 3. The van der Waals surface area contributed by atoms with E-state index in [0.29, 0.717) is 0 Å². The molecule has 0 bridgehead atoms. The fraction of sp³-hybridized carbons (Fsp3) is 0.929. The molecule has 2 atom stereocenters. The van der Waals surface area contributed by atoms with Crippen LogP contribution in [0.25, 0.3) is 0 Å². The topological polar surface area (TPSA) is 49.6 Å². The predicted octanol–water partition coefficient (Wildman–Crippen LogP) is 1.20. The van der Waals surface area contributed by atoms with Crippen LogP contribution in [0, 0.1) is 0 Å². The van der Waals surface area contributed by atoms with Crippen molar-refractivity contribution in [1.29, 1.82) is 0 Å². The van der Waals surface area contributed by atoms with E-state index < -0.39 is 0 Å². The van der Waals surface area contributed by atoms with E-state index in [1.54, 1.807) is 0 Å². The van der Waals surface area contributed by atoms with Gasteiger partial charge in [0.2, 0.25) is 5.91 Å². The summed E-state index contributed by atoms with van der Waals surface area (Å²) in [5.74, 6) is 0.284. The van der Waals surface area contributed by atoms with Crippen LogP contribution >= 0.6 is 0 Å². The van der Waals surface area contributed by atoms with Crippen molar-refractivity contribution in [1.82, 2.24) is 9.80 Å². The summed E-state index contributed by atoms with van der Waals surface area (Å²) in [6, 6.07) is 0.215. The maximum atomic E-state index is 12.5. The quantitative estimate of drug-likeness (QED) is 0.804. The minimum atomic E-state index is 0.0356. The van der Waals surface area contributed by atoms with Crippen LogP contribution in [0.5, 0.6) is 0 Å². The first-order valence-electron chi connectivity index (χ1n) is 7.47. The molecule has 1 amide bonds. The van der Waals surface area contributed by atoms with Crippen LogP contribution in [0.3, 0.4) is 0 Å². The van der Waals surface area contributed by atoms with Crippen molar-refractivity contribution in [3.8, 4) is 0 Å². The molecule has 2 aliphatic heterocycles. The van der Waals surface area contributed by atoms with Crippen LogP contribution < -0.4 is 5.73 Å². The lowest BCUT2D eigenvalue weighted by Gasteiger charge is -2.36. The summed E-state index contributed by atoms with van der Waals surface area (Å²) in [7, 11) is 0. The van der Waals surface area contributed by atoms with Crippen LogP contribution in [0.15, 0.2) is 0 Å². The maximum Gasteiger partial charge on any atom is 0.239 e. The Hall–Kier alpha value is -0.610. The van der Waals surface area contributed by atoms with E-state index in [1.165, 1.54) is 25.7 Å². The van der Waals surface area contributed by atoms with Crippen molar-refractivity contribution < 1.29 is 4.79 Å². The van der Waals surface area contributed by atoms with E-state index in [0.717, 1.165) is 39.0 Å². The normalized spacial score (nSPS) is 28.8. The Balaban J connectivity index is 1.90. The van der Waals surface area contributed by atoms with Gasteiger partial charge in [0.15, 0.2) is 0 Å². The molecule has 4 nitrogen and oxygen atoms in total. The lowest BCUT2D eigenvalue weighted by Crippen LogP contribution is -2.52. The largest absolute Gasteiger partial charge is 0.340 e. The molecular weight excluding hydrogens is 226 g/mol. The standard InChI is InChI=1S/C14H27N3O/c1-12(16-8-4-2-3-5-9-16)14(18)17-10-6-7-13(15)11-17/h12-13H,2-11,15H2,1H3. The number of amides is 1. The first-order valence-corrected chi connectivity index (χ1v) is 7.47. The molecule has 2 fully saturated rings. The van der Waals surface area contributed by atoms with Crippen molar-refractivity contribution in [2.75, 3.05) is 26.2 Å². The van der Waals surface area contributed by atoms with Crippen molar-refractivity contribution in [3.05, 3.63) is 0 Å². The second-order valence-corrected chi connectivity index (χ2v) is 5.81. The van der Waals surface area contributed by atoms with Crippen molar-refractivity contribution >= 4 is 5.91 Å². The Bertz CT molecular complexity index is 274. The smallest absolute Gasteiger partial charge is 0.239 e. The van der Waals surface area contributed by atoms with Gasteiger partial charge in [-0.25, -0.2) is 0 Å². The van der Waals surface area contributed by atoms with E-state index in [-0.39, 0.29) is 18.0 Å². The van der Waals surface area contributed by atoms with Crippen molar-refractivity contribution in [2.45, 2.75) is 57.5 Å². The van der Waals surface area contributed by atoms with Gasteiger partial charge < -0.3 is 10.6 Å². The predicted molar refractivity (Wildman–Crippen MR) is 73.3 cm³/mol. The molecule has 104 valence electrons. The average Bonchev–Trinajstić information content (AvgIpc) is 2.66. The van der Waals surface area contributed by atoms with Gasteiger partial charge in [-0.1, -0.05) is 12.8 Å². The van der Waals surface area contributed by atoms with E-state index in [1.807, 2.05) is 4.90 Å². The molecule has 0 spiro atoms. The minimum absolute atomic E-state index is 0.0356. The SMILES string of the molecule is CC(C(=O)N1CCCC(N)C1)N1CCCCCC1. The lowest BCUT2D eigenvalue weighted by atomic mass is 10.1.